The Morgan fingerprint density at radius 2 is 0.925 bits per heavy atom. The molecular weight excluding hydrogens is 738 g/mol. The molecule has 6 aromatic carbocycles. The average molecular weight is 774 g/mol. The Kier molecular flexibility index (Phi) is 10.3. The Morgan fingerprint density at radius 3 is 1.43 bits per heavy atom. The van der Waals surface area contributed by atoms with Crippen LogP contribution < -0.4 is 14.4 Å². The third-order valence-electron chi connectivity index (χ3n) is 9.53. The van der Waals surface area contributed by atoms with Crippen LogP contribution in [0.1, 0.15) is 28.1 Å². The third-order valence-corrected chi connectivity index (χ3v) is 11.0. The highest BCUT2D eigenvalue weighted by atomic mass is 35.5. The molecule has 0 bridgehead atoms. The first-order valence-corrected chi connectivity index (χ1v) is 18.9. The lowest BCUT2D eigenvalue weighted by molar-refractivity contribution is -0.665. The molecule has 4 nitrogen and oxygen atoms in total. The van der Waals surface area contributed by atoms with E-state index >= 15 is 0 Å². The molecule has 8 rings (SSSR count). The fourth-order valence-electron chi connectivity index (χ4n) is 7.01. The van der Waals surface area contributed by atoms with Gasteiger partial charge in [0.25, 0.3) is 5.82 Å². The van der Waals surface area contributed by atoms with E-state index in [1.165, 1.54) is 22.3 Å². The van der Waals surface area contributed by atoms with E-state index in [1.54, 1.807) is 0 Å². The van der Waals surface area contributed by atoms with Crippen molar-refractivity contribution in [2.45, 2.75) is 26.2 Å². The summed E-state index contributed by atoms with van der Waals surface area (Å²) in [5.74, 6) is 2.02. The van der Waals surface area contributed by atoms with E-state index < -0.39 is 0 Å². The first-order chi connectivity index (χ1) is 25.9. The topological polar surface area (TPSA) is 15.3 Å². The van der Waals surface area contributed by atoms with Gasteiger partial charge in [-0.1, -0.05) is 174 Å². The predicted molar refractivity (Wildman–Crippen MR) is 222 cm³/mol. The molecule has 8 heteroatoms. The second kappa shape index (κ2) is 15.6. The molecule has 0 aliphatic carbocycles. The van der Waals surface area contributed by atoms with Crippen LogP contribution in [0, 0.1) is 0 Å². The van der Waals surface area contributed by atoms with E-state index in [2.05, 4.69) is 134 Å². The monoisotopic (exact) mass is 771 g/mol. The van der Waals surface area contributed by atoms with Gasteiger partial charge in [-0.15, -0.1) is 0 Å². The maximum absolute atomic E-state index is 6.69. The Bertz CT molecular complexity index is 2280. The van der Waals surface area contributed by atoms with Crippen molar-refractivity contribution in [3.05, 3.63) is 212 Å². The molecule has 7 aromatic rings. The van der Waals surface area contributed by atoms with Crippen molar-refractivity contribution < 1.29 is 4.57 Å². The van der Waals surface area contributed by atoms with Crippen molar-refractivity contribution in [3.63, 3.8) is 0 Å². The van der Waals surface area contributed by atoms with Gasteiger partial charge in [-0.05, 0) is 40.5 Å². The van der Waals surface area contributed by atoms with E-state index in [0.717, 1.165) is 34.1 Å². The summed E-state index contributed by atoms with van der Waals surface area (Å²) in [4.78, 5) is 4.63. The summed E-state index contributed by atoms with van der Waals surface area (Å²) in [5.41, 5.74) is 8.72. The molecule has 0 saturated carbocycles. The van der Waals surface area contributed by atoms with Crippen LogP contribution in [-0.2, 0) is 26.2 Å². The highest BCUT2D eigenvalue weighted by Gasteiger charge is 2.33. The largest absolute Gasteiger partial charge is 0.321 e. The normalized spacial score (nSPS) is 12.6. The molecule has 1 aliphatic rings. The lowest BCUT2D eigenvalue weighted by atomic mass is 10.2. The number of halogens is 4. The number of allylic oxidation sites excluding steroid dienone is 2. The van der Waals surface area contributed by atoms with Gasteiger partial charge in [0.05, 0.1) is 31.5 Å². The maximum Gasteiger partial charge on any atom is 0.282 e. The van der Waals surface area contributed by atoms with E-state index in [-0.39, 0.29) is 0 Å². The van der Waals surface area contributed by atoms with Crippen molar-refractivity contribution in [1.29, 1.82) is 0 Å². The number of nitrogens with zero attached hydrogens (tertiary/aromatic N) is 4. The summed E-state index contributed by atoms with van der Waals surface area (Å²) in [6, 6.07) is 49.8. The van der Waals surface area contributed by atoms with Gasteiger partial charge in [-0.3, -0.25) is 0 Å². The number of anilines is 2. The molecule has 1 aromatic heterocycles. The van der Waals surface area contributed by atoms with E-state index in [0.29, 0.717) is 46.3 Å². The van der Waals surface area contributed by atoms with E-state index in [4.69, 9.17) is 46.4 Å². The van der Waals surface area contributed by atoms with Gasteiger partial charge >= 0.3 is 0 Å². The highest BCUT2D eigenvalue weighted by molar-refractivity contribution is 6.43. The molecule has 53 heavy (non-hydrogen) atoms. The lowest BCUT2D eigenvalue weighted by Crippen LogP contribution is -2.37. The number of benzene rings is 6. The number of imidazole rings is 1. The van der Waals surface area contributed by atoms with Gasteiger partial charge in [0.1, 0.15) is 18.9 Å². The third kappa shape index (κ3) is 7.46. The second-order valence-corrected chi connectivity index (χ2v) is 14.7. The molecule has 262 valence electrons. The van der Waals surface area contributed by atoms with Gasteiger partial charge in [-0.25, -0.2) is 9.13 Å². The molecule has 0 saturated heterocycles. The number of hydrogen-bond donors (Lipinski definition) is 0. The lowest BCUT2D eigenvalue weighted by Gasteiger charge is -2.25. The Hall–Kier alpha value is -4.97. The fourth-order valence-corrected chi connectivity index (χ4v) is 7.64. The fraction of sp³-hybridized carbons (Fsp3) is 0.0889. The van der Waals surface area contributed by atoms with Crippen molar-refractivity contribution in [1.82, 2.24) is 4.57 Å². The molecular formula is C45H35Cl4N4+. The minimum Gasteiger partial charge on any atom is -0.321 e. The summed E-state index contributed by atoms with van der Waals surface area (Å²) < 4.78 is 4.63. The van der Waals surface area contributed by atoms with Gasteiger partial charge in [-0.2, -0.15) is 0 Å². The predicted octanol–water partition coefficient (Wildman–Crippen LogP) is 12.2. The first kappa shape index (κ1) is 35.1. The Morgan fingerprint density at radius 1 is 0.491 bits per heavy atom. The van der Waals surface area contributed by atoms with Crippen LogP contribution in [0.15, 0.2) is 164 Å². The zero-order valence-electron chi connectivity index (χ0n) is 28.7. The van der Waals surface area contributed by atoms with Gasteiger partial charge in [0.15, 0.2) is 11.0 Å². The number of rotatable bonds is 10. The van der Waals surface area contributed by atoms with Crippen LogP contribution in [0.4, 0.5) is 11.4 Å². The van der Waals surface area contributed by atoms with E-state index in [1.807, 2.05) is 48.5 Å². The molecule has 1 aliphatic heterocycles. The second-order valence-electron chi connectivity index (χ2n) is 13.0. The van der Waals surface area contributed by atoms with Crippen molar-refractivity contribution in [3.8, 4) is 0 Å². The number of hydrogen-bond acceptors (Lipinski definition) is 2. The maximum atomic E-state index is 6.69. The van der Waals surface area contributed by atoms with Crippen LogP contribution in [0.2, 0.25) is 20.1 Å². The summed E-state index contributed by atoms with van der Waals surface area (Å²) in [7, 11) is 0. The molecule has 0 atom stereocenters. The number of fused-ring (bicyclic) bond motifs is 2. The summed E-state index contributed by atoms with van der Waals surface area (Å²) >= 11 is 26.8. The quantitative estimate of drug-likeness (QED) is 0.129. The van der Waals surface area contributed by atoms with Crippen molar-refractivity contribution in [2.24, 2.45) is 0 Å². The van der Waals surface area contributed by atoms with Gasteiger partial charge in [0.2, 0.25) is 0 Å². The zero-order valence-corrected chi connectivity index (χ0v) is 31.7. The molecule has 2 heterocycles. The van der Waals surface area contributed by atoms with E-state index in [9.17, 15) is 0 Å². The Balaban J connectivity index is 1.30. The molecule has 0 unspecified atom stereocenters. The standard InChI is InChI=1S/C45H35Cl4N4/c46-36-24-40-41(25-37(36)47)51(29-33-16-7-2-8-17-33)44(50(40)28-32-14-5-1-6-15-32)22-13-23-45-52(30-34-18-9-3-10-19-34)42-26-38(48)39(49)27-43(42)53(45)31-35-20-11-4-12-21-35/h1-27H,28-31H2/q+1. The molecule has 0 radical (unpaired) electrons. The van der Waals surface area contributed by atoms with Crippen LogP contribution in [0.25, 0.3) is 17.1 Å². The highest BCUT2D eigenvalue weighted by Crippen LogP contribution is 2.47. The SMILES string of the molecule is Clc1cc2c(cc1Cl)N(Cc1ccccc1)C(=CC=Cc1n(Cc3ccccc3)c3cc(Cl)c(Cl)cc3[n+]1Cc1ccccc1)N2Cc1ccccc1. The van der Waals surface area contributed by atoms with Crippen LogP contribution >= 0.6 is 46.4 Å². The summed E-state index contributed by atoms with van der Waals surface area (Å²) in [6.45, 7) is 2.60. The molecule has 0 fully saturated rings. The average Bonchev–Trinajstić information content (AvgIpc) is 3.59. The Labute approximate surface area is 330 Å². The summed E-state index contributed by atoms with van der Waals surface area (Å²) in [5, 5.41) is 2.07. The minimum atomic E-state index is 0.518. The minimum absolute atomic E-state index is 0.518. The summed E-state index contributed by atoms with van der Waals surface area (Å²) in [6.07, 6.45) is 6.51. The molecule has 0 spiro atoms. The molecule has 0 N–H and O–H groups in total. The van der Waals surface area contributed by atoms with Crippen LogP contribution in [0.3, 0.4) is 0 Å². The van der Waals surface area contributed by atoms with Crippen molar-refractivity contribution >= 4 is 74.9 Å². The van der Waals surface area contributed by atoms with Crippen LogP contribution in [0.5, 0.6) is 0 Å². The first-order valence-electron chi connectivity index (χ1n) is 17.4. The van der Waals surface area contributed by atoms with Crippen molar-refractivity contribution in [2.75, 3.05) is 9.80 Å². The molecule has 0 amide bonds. The smallest absolute Gasteiger partial charge is 0.282 e. The zero-order chi connectivity index (χ0) is 36.3. The van der Waals surface area contributed by atoms with Crippen LogP contribution in [-0.4, -0.2) is 4.57 Å². The number of aromatic nitrogens is 2. The van der Waals surface area contributed by atoms with Gasteiger partial charge in [0, 0.05) is 31.3 Å². The van der Waals surface area contributed by atoms with Gasteiger partial charge < -0.3 is 9.80 Å².